The number of anilines is 3. The Bertz CT molecular complexity index is 1300. The normalized spacial score (nSPS) is 18.1. The first-order chi connectivity index (χ1) is 18.0. The molecule has 8 nitrogen and oxygen atoms in total. The summed E-state index contributed by atoms with van der Waals surface area (Å²) in [6.45, 7) is 13.5. The van der Waals surface area contributed by atoms with E-state index in [2.05, 4.69) is 56.2 Å². The third-order valence-electron chi connectivity index (χ3n) is 7.66. The molecule has 5 rings (SSSR count). The van der Waals surface area contributed by atoms with Crippen LogP contribution in [-0.2, 0) is 11.3 Å². The van der Waals surface area contributed by atoms with Crippen molar-refractivity contribution < 1.29 is 4.74 Å². The van der Waals surface area contributed by atoms with Gasteiger partial charge in [-0.05, 0) is 81.6 Å². The Labute approximate surface area is 223 Å². The zero-order valence-electron chi connectivity index (χ0n) is 22.0. The Balaban J connectivity index is 1.39. The number of rotatable bonds is 8. The van der Waals surface area contributed by atoms with E-state index in [1.54, 1.807) is 0 Å². The lowest BCUT2D eigenvalue weighted by atomic mass is 10.0. The number of aromatic amines is 1. The van der Waals surface area contributed by atoms with Crippen LogP contribution in [0.1, 0.15) is 37.8 Å². The zero-order chi connectivity index (χ0) is 25.9. The Morgan fingerprint density at radius 3 is 2.59 bits per heavy atom. The molecule has 0 bridgehead atoms. The van der Waals surface area contributed by atoms with E-state index in [-0.39, 0.29) is 5.56 Å². The minimum atomic E-state index is -0.220. The number of halogens is 1. The lowest BCUT2D eigenvalue weighted by Crippen LogP contribution is -2.47. The quantitative estimate of drug-likeness (QED) is 0.455. The summed E-state index contributed by atoms with van der Waals surface area (Å²) in [7, 11) is 0. The standard InChI is InChI=1S/C28H37ClN6O2/c1-4-35(26-7-6-10-30-26)25-16-20(18-37-5-2)15-24(19(25)3)34-13-11-33(12-14-34)21-8-9-22-23(17-21)27(29)31-32-28(22)36/h8-9,15-17,26,30H,4-7,10-14,18H2,1-3H3,(H,32,36). The van der Waals surface area contributed by atoms with Crippen molar-refractivity contribution in [3.05, 3.63) is 57.0 Å². The number of fused-ring (bicyclic) bond motifs is 1. The maximum Gasteiger partial charge on any atom is 0.272 e. The van der Waals surface area contributed by atoms with Crippen molar-refractivity contribution in [3.8, 4) is 0 Å². The molecular formula is C28H37ClN6O2. The molecule has 1 atom stereocenters. The molecule has 2 N–H and O–H groups in total. The summed E-state index contributed by atoms with van der Waals surface area (Å²) in [5.74, 6) is 0. The van der Waals surface area contributed by atoms with Gasteiger partial charge in [-0.1, -0.05) is 11.6 Å². The second-order valence-corrected chi connectivity index (χ2v) is 10.2. The van der Waals surface area contributed by atoms with Crippen LogP contribution in [0, 0.1) is 6.92 Å². The molecule has 9 heteroatoms. The van der Waals surface area contributed by atoms with Crippen LogP contribution in [0.2, 0.25) is 5.15 Å². The highest BCUT2D eigenvalue weighted by Crippen LogP contribution is 2.35. The zero-order valence-corrected chi connectivity index (χ0v) is 22.8. The van der Waals surface area contributed by atoms with Crippen LogP contribution >= 0.6 is 11.6 Å². The van der Waals surface area contributed by atoms with E-state index >= 15 is 0 Å². The number of nitrogens with zero attached hydrogens (tertiary/aromatic N) is 4. The molecular weight excluding hydrogens is 488 g/mol. The molecule has 0 saturated carbocycles. The first-order valence-corrected chi connectivity index (χ1v) is 13.8. The van der Waals surface area contributed by atoms with E-state index in [0.717, 1.165) is 45.0 Å². The molecule has 3 aromatic rings. The molecule has 2 aromatic carbocycles. The van der Waals surface area contributed by atoms with E-state index in [9.17, 15) is 4.79 Å². The molecule has 1 unspecified atom stereocenters. The molecule has 2 aliphatic heterocycles. The maximum atomic E-state index is 12.1. The van der Waals surface area contributed by atoms with E-state index in [4.69, 9.17) is 16.3 Å². The summed E-state index contributed by atoms with van der Waals surface area (Å²) in [5.41, 5.74) is 5.99. The summed E-state index contributed by atoms with van der Waals surface area (Å²) in [5, 5.41) is 11.6. The number of aromatic nitrogens is 2. The SMILES string of the molecule is CCOCc1cc(N2CCN(c3ccc4c(=O)[nH]nc(Cl)c4c3)CC2)c(C)c(N(CC)C2CCCN2)c1. The lowest BCUT2D eigenvalue weighted by Gasteiger charge is -2.39. The minimum absolute atomic E-state index is 0.220. The third-order valence-corrected chi connectivity index (χ3v) is 7.95. The average molecular weight is 525 g/mol. The first kappa shape index (κ1) is 25.8. The van der Waals surface area contributed by atoms with Crippen LogP contribution in [0.5, 0.6) is 0 Å². The molecule has 2 fully saturated rings. The van der Waals surface area contributed by atoms with E-state index in [1.165, 1.54) is 35.3 Å². The summed E-state index contributed by atoms with van der Waals surface area (Å²) < 4.78 is 5.82. The number of ether oxygens (including phenoxy) is 1. The summed E-state index contributed by atoms with van der Waals surface area (Å²) in [4.78, 5) is 19.5. The maximum absolute atomic E-state index is 12.1. The van der Waals surface area contributed by atoms with E-state index in [0.29, 0.717) is 35.3 Å². The second kappa shape index (κ2) is 11.3. The molecule has 0 radical (unpaired) electrons. The molecule has 2 aliphatic rings. The number of piperazine rings is 1. The number of hydrogen-bond acceptors (Lipinski definition) is 7. The monoisotopic (exact) mass is 524 g/mol. The van der Waals surface area contributed by atoms with Crippen molar-refractivity contribution in [2.24, 2.45) is 0 Å². The number of hydrogen-bond donors (Lipinski definition) is 2. The van der Waals surface area contributed by atoms with Crippen molar-refractivity contribution in [1.29, 1.82) is 0 Å². The van der Waals surface area contributed by atoms with Crippen LogP contribution in [0.4, 0.5) is 17.1 Å². The highest BCUT2D eigenvalue weighted by molar-refractivity contribution is 6.34. The highest BCUT2D eigenvalue weighted by atomic mass is 35.5. The van der Waals surface area contributed by atoms with Gasteiger partial charge in [0, 0.05) is 61.8 Å². The average Bonchev–Trinajstić information content (AvgIpc) is 3.46. The van der Waals surface area contributed by atoms with Crippen LogP contribution in [0.3, 0.4) is 0 Å². The molecule has 0 amide bonds. The summed E-state index contributed by atoms with van der Waals surface area (Å²) in [6.07, 6.45) is 2.78. The van der Waals surface area contributed by atoms with Gasteiger partial charge < -0.3 is 19.4 Å². The lowest BCUT2D eigenvalue weighted by molar-refractivity contribution is 0.134. The van der Waals surface area contributed by atoms with Gasteiger partial charge in [0.25, 0.3) is 5.56 Å². The topological polar surface area (TPSA) is 76.7 Å². The van der Waals surface area contributed by atoms with Gasteiger partial charge in [0.2, 0.25) is 0 Å². The summed E-state index contributed by atoms with van der Waals surface area (Å²) in [6, 6.07) is 10.5. The van der Waals surface area contributed by atoms with Gasteiger partial charge in [-0.25, -0.2) is 5.10 Å². The Morgan fingerprint density at radius 2 is 1.89 bits per heavy atom. The first-order valence-electron chi connectivity index (χ1n) is 13.4. The number of benzene rings is 2. The number of nitrogens with one attached hydrogen (secondary N) is 2. The van der Waals surface area contributed by atoms with Crippen LogP contribution < -0.4 is 25.6 Å². The Morgan fingerprint density at radius 1 is 1.11 bits per heavy atom. The van der Waals surface area contributed by atoms with Gasteiger partial charge in [-0.3, -0.25) is 10.1 Å². The fourth-order valence-corrected chi connectivity index (χ4v) is 5.88. The van der Waals surface area contributed by atoms with Gasteiger partial charge in [-0.15, -0.1) is 0 Å². The molecule has 2 saturated heterocycles. The fourth-order valence-electron chi connectivity index (χ4n) is 5.68. The van der Waals surface area contributed by atoms with E-state index < -0.39 is 0 Å². The third kappa shape index (κ3) is 5.28. The Hall–Kier alpha value is -2.81. The molecule has 0 aliphatic carbocycles. The second-order valence-electron chi connectivity index (χ2n) is 9.84. The van der Waals surface area contributed by atoms with E-state index in [1.807, 2.05) is 25.1 Å². The van der Waals surface area contributed by atoms with Crippen molar-refractivity contribution in [2.45, 2.75) is 46.4 Å². The van der Waals surface area contributed by atoms with Crippen LogP contribution in [0.15, 0.2) is 35.1 Å². The fraction of sp³-hybridized carbons (Fsp3) is 0.500. The predicted molar refractivity (Wildman–Crippen MR) is 152 cm³/mol. The predicted octanol–water partition coefficient (Wildman–Crippen LogP) is 4.28. The van der Waals surface area contributed by atoms with Crippen molar-refractivity contribution in [3.63, 3.8) is 0 Å². The van der Waals surface area contributed by atoms with Crippen LogP contribution in [0.25, 0.3) is 10.8 Å². The van der Waals surface area contributed by atoms with Gasteiger partial charge in [0.05, 0.1) is 18.2 Å². The highest BCUT2D eigenvalue weighted by Gasteiger charge is 2.26. The van der Waals surface area contributed by atoms with Crippen molar-refractivity contribution in [2.75, 3.05) is 60.6 Å². The van der Waals surface area contributed by atoms with Crippen LogP contribution in [-0.4, -0.2) is 62.2 Å². The van der Waals surface area contributed by atoms with Gasteiger partial charge in [0.15, 0.2) is 5.15 Å². The van der Waals surface area contributed by atoms with Crippen molar-refractivity contribution in [1.82, 2.24) is 15.5 Å². The summed E-state index contributed by atoms with van der Waals surface area (Å²) >= 11 is 6.28. The van der Waals surface area contributed by atoms with Gasteiger partial charge in [-0.2, -0.15) is 5.10 Å². The molecule has 37 heavy (non-hydrogen) atoms. The molecule has 1 aromatic heterocycles. The van der Waals surface area contributed by atoms with Gasteiger partial charge in [0.1, 0.15) is 0 Å². The largest absolute Gasteiger partial charge is 0.377 e. The van der Waals surface area contributed by atoms with Crippen molar-refractivity contribution >= 4 is 39.4 Å². The molecule has 3 heterocycles. The molecule has 0 spiro atoms. The number of H-pyrrole nitrogens is 1. The van der Waals surface area contributed by atoms with Gasteiger partial charge >= 0.3 is 0 Å². The Kier molecular flexibility index (Phi) is 7.88. The molecule has 198 valence electrons. The smallest absolute Gasteiger partial charge is 0.272 e. The minimum Gasteiger partial charge on any atom is -0.377 e.